The number of aliphatic carboxylic acids is 1. The molecule has 2 fully saturated rings. The molecule has 2 saturated heterocycles. The molecule has 0 aliphatic carbocycles. The van der Waals surface area contributed by atoms with Crippen molar-refractivity contribution in [3.63, 3.8) is 0 Å². The van der Waals surface area contributed by atoms with Crippen molar-refractivity contribution in [3.8, 4) is 0 Å². The fourth-order valence-corrected chi connectivity index (χ4v) is 3.16. The lowest BCUT2D eigenvalue weighted by Crippen LogP contribution is -2.45. The summed E-state index contributed by atoms with van der Waals surface area (Å²) >= 11 is 0. The van der Waals surface area contributed by atoms with Gasteiger partial charge in [0.05, 0.1) is 5.92 Å². The van der Waals surface area contributed by atoms with Gasteiger partial charge in [0.15, 0.2) is 0 Å². The maximum atomic E-state index is 10.9. The Kier molecular flexibility index (Phi) is 4.40. The zero-order valence-corrected chi connectivity index (χ0v) is 10.7. The molecule has 0 aromatic carbocycles. The van der Waals surface area contributed by atoms with Crippen molar-refractivity contribution in [2.75, 3.05) is 26.2 Å². The quantitative estimate of drug-likeness (QED) is 0.774. The minimum absolute atomic E-state index is 0.245. The van der Waals surface area contributed by atoms with E-state index in [9.17, 15) is 4.79 Å². The third kappa shape index (κ3) is 3.42. The van der Waals surface area contributed by atoms with Gasteiger partial charge in [0, 0.05) is 19.1 Å². The summed E-state index contributed by atoms with van der Waals surface area (Å²) in [5.41, 5.74) is 0. The van der Waals surface area contributed by atoms with E-state index >= 15 is 0 Å². The largest absolute Gasteiger partial charge is 0.481 e. The zero-order valence-electron chi connectivity index (χ0n) is 10.7. The Bertz CT molecular complexity index is 264. The van der Waals surface area contributed by atoms with Gasteiger partial charge in [-0.05, 0) is 44.7 Å². The highest BCUT2D eigenvalue weighted by atomic mass is 16.4. The van der Waals surface area contributed by atoms with E-state index in [0.717, 1.165) is 25.6 Å². The molecule has 0 radical (unpaired) electrons. The zero-order chi connectivity index (χ0) is 12.3. The fourth-order valence-electron chi connectivity index (χ4n) is 3.16. The molecule has 4 nitrogen and oxygen atoms in total. The highest BCUT2D eigenvalue weighted by Crippen LogP contribution is 2.25. The van der Waals surface area contributed by atoms with Crippen LogP contribution >= 0.6 is 0 Å². The van der Waals surface area contributed by atoms with E-state index in [2.05, 4.69) is 10.2 Å². The number of likely N-dealkylation sites (tertiary alicyclic amines) is 1. The summed E-state index contributed by atoms with van der Waals surface area (Å²) in [6.07, 6.45) is 5.12. The Morgan fingerprint density at radius 3 is 2.94 bits per heavy atom. The smallest absolute Gasteiger partial charge is 0.307 e. The van der Waals surface area contributed by atoms with E-state index in [-0.39, 0.29) is 5.92 Å². The Morgan fingerprint density at radius 2 is 2.29 bits per heavy atom. The molecule has 0 bridgehead atoms. The van der Waals surface area contributed by atoms with Crippen LogP contribution in [0.2, 0.25) is 0 Å². The summed E-state index contributed by atoms with van der Waals surface area (Å²) in [5.74, 6) is -0.191. The predicted molar refractivity (Wildman–Crippen MR) is 67.0 cm³/mol. The van der Waals surface area contributed by atoms with Crippen LogP contribution in [0.15, 0.2) is 0 Å². The van der Waals surface area contributed by atoms with Crippen LogP contribution in [0, 0.1) is 11.8 Å². The molecule has 2 aliphatic heterocycles. The van der Waals surface area contributed by atoms with Gasteiger partial charge in [-0.1, -0.05) is 6.92 Å². The van der Waals surface area contributed by atoms with Crippen LogP contribution in [-0.4, -0.2) is 48.2 Å². The maximum Gasteiger partial charge on any atom is 0.307 e. The molecule has 3 atom stereocenters. The van der Waals surface area contributed by atoms with Crippen LogP contribution in [0.25, 0.3) is 0 Å². The summed E-state index contributed by atoms with van der Waals surface area (Å²) in [6.45, 7) is 5.82. The Hall–Kier alpha value is -0.610. The molecule has 0 aromatic heterocycles. The van der Waals surface area contributed by atoms with Gasteiger partial charge in [0.2, 0.25) is 0 Å². The van der Waals surface area contributed by atoms with Crippen LogP contribution in [0.4, 0.5) is 0 Å². The molecule has 17 heavy (non-hydrogen) atoms. The molecule has 0 saturated carbocycles. The summed E-state index contributed by atoms with van der Waals surface area (Å²) in [4.78, 5) is 13.2. The van der Waals surface area contributed by atoms with E-state index in [1.54, 1.807) is 6.92 Å². The van der Waals surface area contributed by atoms with Gasteiger partial charge < -0.3 is 15.3 Å². The van der Waals surface area contributed by atoms with Gasteiger partial charge in [0.25, 0.3) is 0 Å². The number of nitrogens with zero attached hydrogens (tertiary/aromatic N) is 1. The second-order valence-corrected chi connectivity index (χ2v) is 5.60. The number of rotatable bonds is 4. The highest BCUT2D eigenvalue weighted by molar-refractivity contribution is 5.69. The number of nitrogens with one attached hydrogen (secondary N) is 1. The first-order chi connectivity index (χ1) is 8.16. The van der Waals surface area contributed by atoms with Crippen LogP contribution in [0.1, 0.15) is 32.6 Å². The van der Waals surface area contributed by atoms with Crippen molar-refractivity contribution >= 4 is 5.97 Å². The van der Waals surface area contributed by atoms with Crippen molar-refractivity contribution in [2.24, 2.45) is 11.8 Å². The molecule has 98 valence electrons. The van der Waals surface area contributed by atoms with E-state index in [1.165, 1.54) is 25.7 Å². The first-order valence-electron chi connectivity index (χ1n) is 6.85. The summed E-state index contributed by atoms with van der Waals surface area (Å²) in [7, 11) is 0. The lowest BCUT2D eigenvalue weighted by Gasteiger charge is -2.36. The second kappa shape index (κ2) is 5.83. The number of carbonyl (C=O) groups is 1. The SMILES string of the molecule is CC(CN1CCCC(C2CCCN2)C1)C(=O)O. The van der Waals surface area contributed by atoms with Crippen molar-refractivity contribution in [1.29, 1.82) is 0 Å². The fraction of sp³-hybridized carbons (Fsp3) is 0.923. The van der Waals surface area contributed by atoms with Crippen LogP contribution in [0.3, 0.4) is 0 Å². The molecule has 2 rings (SSSR count). The van der Waals surface area contributed by atoms with E-state index in [4.69, 9.17) is 5.11 Å². The molecule has 0 amide bonds. The normalized spacial score (nSPS) is 32.5. The average molecular weight is 240 g/mol. The van der Waals surface area contributed by atoms with Gasteiger partial charge >= 0.3 is 5.97 Å². The average Bonchev–Trinajstić information content (AvgIpc) is 2.82. The van der Waals surface area contributed by atoms with Crippen LogP contribution in [0.5, 0.6) is 0 Å². The van der Waals surface area contributed by atoms with Crippen LogP contribution < -0.4 is 5.32 Å². The minimum atomic E-state index is -0.675. The molecular weight excluding hydrogens is 216 g/mol. The molecule has 3 unspecified atom stereocenters. The Morgan fingerprint density at radius 1 is 1.47 bits per heavy atom. The standard InChI is InChI=1S/C13H24N2O2/c1-10(13(16)17)8-15-7-3-4-11(9-15)12-5-2-6-14-12/h10-12,14H,2-9H2,1H3,(H,16,17). The minimum Gasteiger partial charge on any atom is -0.481 e. The molecule has 2 heterocycles. The summed E-state index contributed by atoms with van der Waals surface area (Å²) < 4.78 is 0. The molecule has 2 N–H and O–H groups in total. The predicted octanol–water partition coefficient (Wildman–Crippen LogP) is 1.17. The Labute approximate surface area is 103 Å². The maximum absolute atomic E-state index is 10.9. The monoisotopic (exact) mass is 240 g/mol. The van der Waals surface area contributed by atoms with Gasteiger partial charge in [-0.2, -0.15) is 0 Å². The second-order valence-electron chi connectivity index (χ2n) is 5.60. The van der Waals surface area contributed by atoms with Gasteiger partial charge in [0.1, 0.15) is 0 Å². The van der Waals surface area contributed by atoms with E-state index in [1.807, 2.05) is 0 Å². The highest BCUT2D eigenvalue weighted by Gasteiger charge is 2.29. The third-order valence-corrected chi connectivity index (χ3v) is 4.16. The van der Waals surface area contributed by atoms with Gasteiger partial charge in [-0.25, -0.2) is 0 Å². The van der Waals surface area contributed by atoms with Crippen molar-refractivity contribution in [3.05, 3.63) is 0 Å². The number of carboxylic acid groups (broad SMARTS) is 1. The van der Waals surface area contributed by atoms with Gasteiger partial charge in [-0.3, -0.25) is 4.79 Å². The van der Waals surface area contributed by atoms with Crippen LogP contribution in [-0.2, 0) is 4.79 Å². The first-order valence-corrected chi connectivity index (χ1v) is 6.85. The Balaban J connectivity index is 1.81. The van der Waals surface area contributed by atoms with E-state index < -0.39 is 5.97 Å². The lowest BCUT2D eigenvalue weighted by molar-refractivity contribution is -0.141. The molecule has 0 spiro atoms. The molecular formula is C13H24N2O2. The number of hydrogen-bond acceptors (Lipinski definition) is 3. The third-order valence-electron chi connectivity index (χ3n) is 4.16. The van der Waals surface area contributed by atoms with Gasteiger partial charge in [-0.15, -0.1) is 0 Å². The number of piperidine rings is 1. The number of hydrogen-bond donors (Lipinski definition) is 2. The first kappa shape index (κ1) is 12.8. The van der Waals surface area contributed by atoms with Crippen molar-refractivity contribution in [2.45, 2.75) is 38.6 Å². The van der Waals surface area contributed by atoms with E-state index in [0.29, 0.717) is 12.6 Å². The summed E-state index contributed by atoms with van der Waals surface area (Å²) in [6, 6.07) is 0.679. The van der Waals surface area contributed by atoms with Crippen molar-refractivity contribution < 1.29 is 9.90 Å². The lowest BCUT2D eigenvalue weighted by atomic mass is 9.89. The number of carboxylic acids is 1. The topological polar surface area (TPSA) is 52.6 Å². The van der Waals surface area contributed by atoms with Crippen molar-refractivity contribution in [1.82, 2.24) is 10.2 Å². The molecule has 0 aromatic rings. The molecule has 4 heteroatoms. The molecule has 2 aliphatic rings. The summed E-state index contributed by atoms with van der Waals surface area (Å²) in [5, 5.41) is 12.5.